The van der Waals surface area contributed by atoms with Crippen LogP contribution in [0.25, 0.3) is 0 Å². The molecule has 0 saturated heterocycles. The van der Waals surface area contributed by atoms with Crippen molar-refractivity contribution in [3.05, 3.63) is 0 Å². The maximum Gasteiger partial charge on any atom is 0.215 e. The van der Waals surface area contributed by atoms with Crippen LogP contribution in [-0.4, -0.2) is 48.2 Å². The van der Waals surface area contributed by atoms with Gasteiger partial charge in [0, 0.05) is 0 Å². The van der Waals surface area contributed by atoms with Crippen molar-refractivity contribution in [2.24, 2.45) is 0 Å². The minimum atomic E-state index is -4.92. The fraction of sp³-hybridized carbons (Fsp3) is 1.00. The second-order valence-corrected chi connectivity index (χ2v) is 9.05. The summed E-state index contributed by atoms with van der Waals surface area (Å²) in [5.74, 6) is 0. The lowest BCUT2D eigenvalue weighted by Gasteiger charge is -2.39. The van der Waals surface area contributed by atoms with Crippen LogP contribution in [0.3, 0.4) is 0 Å². The molecule has 0 rings (SSSR count). The van der Waals surface area contributed by atoms with Gasteiger partial charge in [0.1, 0.15) is 0 Å². The molecule has 0 fully saturated rings. The van der Waals surface area contributed by atoms with Crippen molar-refractivity contribution in [3.8, 4) is 0 Å². The van der Waals surface area contributed by atoms with E-state index in [9.17, 15) is 0 Å². The van der Waals surface area contributed by atoms with Gasteiger partial charge < -0.3 is 9.04 Å². The van der Waals surface area contributed by atoms with Crippen molar-refractivity contribution in [3.63, 3.8) is 0 Å². The Labute approximate surface area is 176 Å². The van der Waals surface area contributed by atoms with Crippen LogP contribution >= 0.6 is 0 Å². The Kier molecular flexibility index (Phi) is 21.6. The third-order valence-corrected chi connectivity index (χ3v) is 5.44. The molecular formula is C22H49NO4S. The van der Waals surface area contributed by atoms with E-state index in [1.165, 1.54) is 121 Å². The SMILES string of the molecule is CCCCCC[N+](CCCC)(CCCCCC)CCCCCC.O=S(=O)([O-])O. The first-order chi connectivity index (χ1) is 13.2. The molecule has 0 saturated carbocycles. The van der Waals surface area contributed by atoms with Crippen molar-refractivity contribution in [2.75, 3.05) is 26.2 Å². The van der Waals surface area contributed by atoms with E-state index < -0.39 is 10.4 Å². The van der Waals surface area contributed by atoms with Crippen molar-refractivity contribution >= 4 is 10.4 Å². The number of rotatable bonds is 18. The largest absolute Gasteiger partial charge is 0.726 e. The van der Waals surface area contributed by atoms with Gasteiger partial charge in [-0.05, 0) is 44.9 Å². The Bertz CT molecular complexity index is 373. The van der Waals surface area contributed by atoms with Crippen LogP contribution in [0.15, 0.2) is 0 Å². The first-order valence-electron chi connectivity index (χ1n) is 11.8. The maximum absolute atomic E-state index is 8.63. The highest BCUT2D eigenvalue weighted by Gasteiger charge is 2.25. The fourth-order valence-electron chi connectivity index (χ4n) is 3.79. The van der Waals surface area contributed by atoms with Gasteiger partial charge in [-0.15, -0.1) is 0 Å². The zero-order valence-corrected chi connectivity index (χ0v) is 20.1. The Morgan fingerprint density at radius 2 is 0.821 bits per heavy atom. The predicted octanol–water partition coefficient (Wildman–Crippen LogP) is 6.35. The Morgan fingerprint density at radius 3 is 1.07 bits per heavy atom. The highest BCUT2D eigenvalue weighted by atomic mass is 32.3. The molecule has 0 unspecified atom stereocenters. The molecule has 0 aromatic carbocycles. The van der Waals surface area contributed by atoms with Crippen LogP contribution in [0.2, 0.25) is 0 Å². The molecule has 0 aliphatic carbocycles. The second-order valence-electron chi connectivity index (χ2n) is 8.20. The van der Waals surface area contributed by atoms with Crippen LogP contribution in [0.5, 0.6) is 0 Å². The summed E-state index contributed by atoms with van der Waals surface area (Å²) in [4.78, 5) is 0. The first-order valence-corrected chi connectivity index (χ1v) is 13.1. The summed E-state index contributed by atoms with van der Waals surface area (Å²) in [7, 11) is -4.92. The second kappa shape index (κ2) is 20.1. The summed E-state index contributed by atoms with van der Waals surface area (Å²) in [6, 6.07) is 0. The summed E-state index contributed by atoms with van der Waals surface area (Å²) < 4.78 is 34.3. The predicted molar refractivity (Wildman–Crippen MR) is 119 cm³/mol. The van der Waals surface area contributed by atoms with E-state index in [1.54, 1.807) is 0 Å². The molecule has 0 spiro atoms. The molecule has 172 valence electrons. The molecule has 5 nitrogen and oxygen atoms in total. The monoisotopic (exact) mass is 423 g/mol. The summed E-state index contributed by atoms with van der Waals surface area (Å²) in [6.45, 7) is 15.2. The molecule has 0 amide bonds. The number of hydrogen-bond donors (Lipinski definition) is 1. The van der Waals surface area contributed by atoms with Crippen molar-refractivity contribution in [1.29, 1.82) is 0 Å². The molecule has 0 aliphatic rings. The van der Waals surface area contributed by atoms with E-state index in [2.05, 4.69) is 27.7 Å². The molecule has 0 aromatic heterocycles. The molecule has 0 radical (unpaired) electrons. The van der Waals surface area contributed by atoms with E-state index in [-0.39, 0.29) is 0 Å². The topological polar surface area (TPSA) is 77.4 Å². The van der Waals surface area contributed by atoms with Crippen LogP contribution in [0, 0.1) is 0 Å². The molecule has 0 heterocycles. The Morgan fingerprint density at radius 1 is 0.571 bits per heavy atom. The van der Waals surface area contributed by atoms with Gasteiger partial charge in [-0.1, -0.05) is 72.6 Å². The standard InChI is InChI=1S/C22H48N.H2O4S/c1-5-9-13-16-20-23(19-12-8-4,21-17-14-10-6-2)22-18-15-11-7-3;1-5(2,3)4/h5-22H2,1-4H3;(H2,1,2,3,4)/q+1;/p-1. The lowest BCUT2D eigenvalue weighted by Crippen LogP contribution is -2.50. The zero-order chi connectivity index (χ0) is 21.7. The summed E-state index contributed by atoms with van der Waals surface area (Å²) in [5.41, 5.74) is 0. The van der Waals surface area contributed by atoms with Crippen LogP contribution in [0.1, 0.15) is 118 Å². The van der Waals surface area contributed by atoms with Gasteiger partial charge in [-0.25, -0.2) is 8.42 Å². The highest BCUT2D eigenvalue weighted by Crippen LogP contribution is 2.18. The minimum absolute atomic E-state index is 1.36. The van der Waals surface area contributed by atoms with Gasteiger partial charge >= 0.3 is 0 Å². The van der Waals surface area contributed by atoms with Crippen LogP contribution in [-0.2, 0) is 10.4 Å². The average molecular weight is 424 g/mol. The third kappa shape index (κ3) is 23.9. The maximum atomic E-state index is 8.63. The number of quaternary nitrogens is 1. The normalized spacial score (nSPS) is 11.9. The zero-order valence-electron chi connectivity index (χ0n) is 19.3. The van der Waals surface area contributed by atoms with Gasteiger partial charge in [0.2, 0.25) is 10.4 Å². The van der Waals surface area contributed by atoms with E-state index in [0.717, 1.165) is 0 Å². The van der Waals surface area contributed by atoms with E-state index >= 15 is 0 Å². The summed E-state index contributed by atoms with van der Waals surface area (Å²) in [5, 5.41) is 0. The van der Waals surface area contributed by atoms with Crippen LogP contribution < -0.4 is 0 Å². The molecule has 28 heavy (non-hydrogen) atoms. The van der Waals surface area contributed by atoms with Gasteiger partial charge in [0.05, 0.1) is 26.2 Å². The molecule has 0 atom stereocenters. The fourth-order valence-corrected chi connectivity index (χ4v) is 3.79. The quantitative estimate of drug-likeness (QED) is 0.121. The lowest BCUT2D eigenvalue weighted by molar-refractivity contribution is -0.929. The first kappa shape index (κ1) is 30.0. The number of hydrogen-bond acceptors (Lipinski definition) is 3. The smallest absolute Gasteiger partial charge is 0.215 e. The molecular weight excluding hydrogens is 374 g/mol. The summed E-state index contributed by atoms with van der Waals surface area (Å²) >= 11 is 0. The molecule has 6 heteroatoms. The van der Waals surface area contributed by atoms with Gasteiger partial charge in [0.25, 0.3) is 0 Å². The summed E-state index contributed by atoms with van der Waals surface area (Å²) in [6.07, 6.45) is 19.9. The molecule has 1 N–H and O–H groups in total. The molecule has 0 aliphatic heterocycles. The third-order valence-electron chi connectivity index (χ3n) is 5.44. The lowest BCUT2D eigenvalue weighted by atomic mass is 10.1. The molecule has 0 aromatic rings. The van der Waals surface area contributed by atoms with Gasteiger partial charge in [-0.3, -0.25) is 4.55 Å². The van der Waals surface area contributed by atoms with Crippen LogP contribution in [0.4, 0.5) is 0 Å². The number of nitrogens with zero attached hydrogens (tertiary/aromatic N) is 1. The van der Waals surface area contributed by atoms with Gasteiger partial charge in [-0.2, -0.15) is 0 Å². The van der Waals surface area contributed by atoms with Crippen molar-refractivity contribution < 1.29 is 22.0 Å². The number of unbranched alkanes of at least 4 members (excludes halogenated alkanes) is 10. The highest BCUT2D eigenvalue weighted by molar-refractivity contribution is 7.79. The molecule has 0 bridgehead atoms. The van der Waals surface area contributed by atoms with Crippen molar-refractivity contribution in [2.45, 2.75) is 118 Å². The van der Waals surface area contributed by atoms with E-state index in [4.69, 9.17) is 17.5 Å². The average Bonchev–Trinajstić information content (AvgIpc) is 2.63. The Hall–Kier alpha value is -0.170. The minimum Gasteiger partial charge on any atom is -0.726 e. The Balaban J connectivity index is 0. The van der Waals surface area contributed by atoms with E-state index in [0.29, 0.717) is 0 Å². The van der Waals surface area contributed by atoms with Gasteiger partial charge in [0.15, 0.2) is 0 Å². The van der Waals surface area contributed by atoms with Crippen molar-refractivity contribution in [1.82, 2.24) is 0 Å². The van der Waals surface area contributed by atoms with E-state index in [1.807, 2.05) is 0 Å².